The standard InChI is InChI=1S/C13H14F2N2S/c1-8-9(2)18-13(17-8)5-6-16-12-4-3-10(14)7-11(12)15/h3-4,7,16H,5-6H2,1-2H3. The van der Waals surface area contributed by atoms with E-state index in [0.717, 1.165) is 23.2 Å². The van der Waals surface area contributed by atoms with E-state index >= 15 is 0 Å². The summed E-state index contributed by atoms with van der Waals surface area (Å²) >= 11 is 1.65. The van der Waals surface area contributed by atoms with Crippen molar-refractivity contribution in [3.63, 3.8) is 0 Å². The van der Waals surface area contributed by atoms with Gasteiger partial charge in [-0.2, -0.15) is 0 Å². The van der Waals surface area contributed by atoms with Crippen molar-refractivity contribution in [2.75, 3.05) is 11.9 Å². The molecular weight excluding hydrogens is 254 g/mol. The second kappa shape index (κ2) is 5.44. The van der Waals surface area contributed by atoms with Crippen molar-refractivity contribution in [1.82, 2.24) is 4.98 Å². The van der Waals surface area contributed by atoms with Crippen LogP contribution in [-0.2, 0) is 6.42 Å². The van der Waals surface area contributed by atoms with Gasteiger partial charge < -0.3 is 5.32 Å². The molecule has 0 saturated heterocycles. The minimum absolute atomic E-state index is 0.321. The molecule has 0 saturated carbocycles. The maximum atomic E-state index is 13.3. The Balaban J connectivity index is 1.92. The monoisotopic (exact) mass is 268 g/mol. The molecule has 1 heterocycles. The number of aryl methyl sites for hydroxylation is 2. The Kier molecular flexibility index (Phi) is 3.91. The maximum absolute atomic E-state index is 13.3. The molecule has 0 radical (unpaired) electrons. The lowest BCUT2D eigenvalue weighted by molar-refractivity contribution is 0.585. The Morgan fingerprint density at radius 3 is 2.67 bits per heavy atom. The number of rotatable bonds is 4. The molecule has 1 N–H and O–H groups in total. The number of halogens is 2. The molecular formula is C13H14F2N2S. The van der Waals surface area contributed by atoms with Gasteiger partial charge in [0.05, 0.1) is 16.4 Å². The van der Waals surface area contributed by atoms with Gasteiger partial charge >= 0.3 is 0 Å². The van der Waals surface area contributed by atoms with Crippen molar-refractivity contribution in [3.8, 4) is 0 Å². The largest absolute Gasteiger partial charge is 0.382 e. The van der Waals surface area contributed by atoms with Crippen LogP contribution >= 0.6 is 11.3 Å². The molecule has 1 aromatic carbocycles. The lowest BCUT2D eigenvalue weighted by Crippen LogP contribution is -2.06. The van der Waals surface area contributed by atoms with Crippen LogP contribution in [0.5, 0.6) is 0 Å². The van der Waals surface area contributed by atoms with Crippen LogP contribution in [0, 0.1) is 25.5 Å². The van der Waals surface area contributed by atoms with Gasteiger partial charge in [-0.1, -0.05) is 0 Å². The first-order valence-electron chi connectivity index (χ1n) is 5.68. The van der Waals surface area contributed by atoms with Crippen molar-refractivity contribution in [2.24, 2.45) is 0 Å². The number of thiazole rings is 1. The molecule has 2 aromatic rings. The summed E-state index contributed by atoms with van der Waals surface area (Å²) in [5.41, 5.74) is 1.37. The highest BCUT2D eigenvalue weighted by Gasteiger charge is 2.05. The fourth-order valence-electron chi connectivity index (χ4n) is 1.58. The summed E-state index contributed by atoms with van der Waals surface area (Å²) in [6.45, 7) is 4.58. The van der Waals surface area contributed by atoms with Gasteiger partial charge in [0, 0.05) is 23.9 Å². The van der Waals surface area contributed by atoms with E-state index in [4.69, 9.17) is 0 Å². The summed E-state index contributed by atoms with van der Waals surface area (Å²) in [4.78, 5) is 5.61. The van der Waals surface area contributed by atoms with Crippen molar-refractivity contribution in [3.05, 3.63) is 45.4 Å². The molecule has 0 aliphatic heterocycles. The summed E-state index contributed by atoms with van der Waals surface area (Å²) < 4.78 is 26.0. The maximum Gasteiger partial charge on any atom is 0.149 e. The molecule has 5 heteroatoms. The average Bonchev–Trinajstić information content (AvgIpc) is 2.61. The first-order chi connectivity index (χ1) is 8.56. The highest BCUT2D eigenvalue weighted by molar-refractivity contribution is 7.11. The van der Waals surface area contributed by atoms with Crippen molar-refractivity contribution in [1.29, 1.82) is 0 Å². The highest BCUT2D eigenvalue weighted by atomic mass is 32.1. The molecule has 0 aliphatic carbocycles. The second-order valence-electron chi connectivity index (χ2n) is 4.05. The Bertz CT molecular complexity index is 532. The third-order valence-corrected chi connectivity index (χ3v) is 3.79. The van der Waals surface area contributed by atoms with Gasteiger partial charge in [0.15, 0.2) is 0 Å². The smallest absolute Gasteiger partial charge is 0.149 e. The van der Waals surface area contributed by atoms with E-state index in [1.807, 2.05) is 13.8 Å². The quantitative estimate of drug-likeness (QED) is 0.914. The normalized spacial score (nSPS) is 10.7. The number of nitrogens with zero attached hydrogens (tertiary/aromatic N) is 1. The lowest BCUT2D eigenvalue weighted by atomic mass is 10.3. The molecule has 0 amide bonds. The zero-order valence-electron chi connectivity index (χ0n) is 10.3. The van der Waals surface area contributed by atoms with E-state index in [9.17, 15) is 8.78 Å². The van der Waals surface area contributed by atoms with Crippen molar-refractivity contribution >= 4 is 17.0 Å². The zero-order chi connectivity index (χ0) is 13.1. The first-order valence-corrected chi connectivity index (χ1v) is 6.50. The summed E-state index contributed by atoms with van der Waals surface area (Å²) in [6.07, 6.45) is 0.732. The van der Waals surface area contributed by atoms with Crippen LogP contribution in [0.4, 0.5) is 14.5 Å². The summed E-state index contributed by atoms with van der Waals surface area (Å²) in [5, 5.41) is 3.97. The Morgan fingerprint density at radius 2 is 2.06 bits per heavy atom. The Labute approximate surface area is 109 Å². The fourth-order valence-corrected chi connectivity index (χ4v) is 2.52. The SMILES string of the molecule is Cc1nc(CCNc2ccc(F)cc2F)sc1C. The molecule has 96 valence electrons. The lowest BCUT2D eigenvalue weighted by Gasteiger charge is -2.06. The number of benzene rings is 1. The van der Waals surface area contributed by atoms with Gasteiger partial charge in [-0.3, -0.25) is 0 Å². The van der Waals surface area contributed by atoms with Crippen LogP contribution in [0.2, 0.25) is 0 Å². The third kappa shape index (κ3) is 3.04. The Morgan fingerprint density at radius 1 is 1.28 bits per heavy atom. The number of anilines is 1. The van der Waals surface area contributed by atoms with E-state index < -0.39 is 11.6 Å². The van der Waals surface area contributed by atoms with Crippen LogP contribution in [0.1, 0.15) is 15.6 Å². The molecule has 0 spiro atoms. The van der Waals surface area contributed by atoms with Crippen LogP contribution in [0.3, 0.4) is 0 Å². The van der Waals surface area contributed by atoms with E-state index in [1.165, 1.54) is 17.0 Å². The number of aromatic nitrogens is 1. The van der Waals surface area contributed by atoms with E-state index in [0.29, 0.717) is 12.2 Å². The van der Waals surface area contributed by atoms with Gasteiger partial charge in [0.1, 0.15) is 11.6 Å². The minimum atomic E-state index is -0.568. The third-order valence-electron chi connectivity index (χ3n) is 2.66. The van der Waals surface area contributed by atoms with E-state index in [2.05, 4.69) is 10.3 Å². The van der Waals surface area contributed by atoms with Crippen LogP contribution in [-0.4, -0.2) is 11.5 Å². The molecule has 0 aliphatic rings. The fraction of sp³-hybridized carbons (Fsp3) is 0.308. The van der Waals surface area contributed by atoms with Gasteiger partial charge in [-0.15, -0.1) is 11.3 Å². The number of hydrogen-bond acceptors (Lipinski definition) is 3. The van der Waals surface area contributed by atoms with Crippen molar-refractivity contribution < 1.29 is 8.78 Å². The van der Waals surface area contributed by atoms with E-state index in [1.54, 1.807) is 11.3 Å². The summed E-state index contributed by atoms with van der Waals surface area (Å²) in [5.74, 6) is -1.13. The second-order valence-corrected chi connectivity index (χ2v) is 5.34. The van der Waals surface area contributed by atoms with Crippen molar-refractivity contribution in [2.45, 2.75) is 20.3 Å². The van der Waals surface area contributed by atoms with Gasteiger partial charge in [0.2, 0.25) is 0 Å². The molecule has 0 bridgehead atoms. The number of nitrogens with one attached hydrogen (secondary N) is 1. The van der Waals surface area contributed by atoms with Gasteiger partial charge in [0.25, 0.3) is 0 Å². The van der Waals surface area contributed by atoms with Crippen LogP contribution in [0.15, 0.2) is 18.2 Å². The van der Waals surface area contributed by atoms with Gasteiger partial charge in [-0.25, -0.2) is 13.8 Å². The topological polar surface area (TPSA) is 24.9 Å². The molecule has 0 unspecified atom stereocenters. The molecule has 2 rings (SSSR count). The molecule has 1 aromatic heterocycles. The molecule has 18 heavy (non-hydrogen) atoms. The van der Waals surface area contributed by atoms with E-state index in [-0.39, 0.29) is 0 Å². The molecule has 0 fully saturated rings. The predicted molar refractivity (Wildman–Crippen MR) is 70.1 cm³/mol. The average molecular weight is 268 g/mol. The van der Waals surface area contributed by atoms with Crippen LogP contribution < -0.4 is 5.32 Å². The summed E-state index contributed by atoms with van der Waals surface area (Å²) in [6, 6.07) is 3.52. The highest BCUT2D eigenvalue weighted by Crippen LogP contribution is 2.18. The zero-order valence-corrected chi connectivity index (χ0v) is 11.1. The Hall–Kier alpha value is -1.49. The number of hydrogen-bond donors (Lipinski definition) is 1. The summed E-state index contributed by atoms with van der Waals surface area (Å²) in [7, 11) is 0. The molecule has 0 atom stereocenters. The first kappa shape index (κ1) is 13.0. The minimum Gasteiger partial charge on any atom is -0.382 e. The van der Waals surface area contributed by atoms with Gasteiger partial charge in [-0.05, 0) is 26.0 Å². The molecule has 2 nitrogen and oxygen atoms in total. The van der Waals surface area contributed by atoms with Crippen LogP contribution in [0.25, 0.3) is 0 Å². The predicted octanol–water partition coefficient (Wildman–Crippen LogP) is 3.69.